The molecule has 0 radical (unpaired) electrons. The predicted molar refractivity (Wildman–Crippen MR) is 77.2 cm³/mol. The summed E-state index contributed by atoms with van der Waals surface area (Å²) in [6.45, 7) is 1.82. The Morgan fingerprint density at radius 2 is 1.86 bits per heavy atom. The lowest BCUT2D eigenvalue weighted by atomic mass is 10.1. The number of aryl methyl sites for hydroxylation is 1. The smallest absolute Gasteiger partial charge is 0.337 e. The number of benzene rings is 2. The number of nitrogens with one attached hydrogen (secondary N) is 1. The highest BCUT2D eigenvalue weighted by Gasteiger charge is 2.13. The number of hydrogen-bond acceptors (Lipinski definition) is 3. The fourth-order valence-electron chi connectivity index (χ4n) is 1.93. The third-order valence-corrected chi connectivity index (χ3v) is 3.02. The van der Waals surface area contributed by atoms with Crippen LogP contribution in [0.3, 0.4) is 0 Å². The largest absolute Gasteiger partial charge is 0.478 e. The van der Waals surface area contributed by atoms with Gasteiger partial charge in [-0.3, -0.25) is 4.79 Å². The lowest BCUT2D eigenvalue weighted by molar-refractivity contribution is 0.0696. The second-order valence-electron chi connectivity index (χ2n) is 4.45. The maximum absolute atomic E-state index is 12.1. The van der Waals surface area contributed by atoms with E-state index in [9.17, 15) is 9.59 Å². The Balaban J connectivity index is 2.29. The molecule has 0 heterocycles. The van der Waals surface area contributed by atoms with Gasteiger partial charge in [-0.1, -0.05) is 18.2 Å². The molecule has 0 saturated carbocycles. The highest BCUT2D eigenvalue weighted by molar-refractivity contribution is 6.05. The number of rotatable bonds is 3. The van der Waals surface area contributed by atoms with Crippen molar-refractivity contribution in [2.75, 3.05) is 5.32 Å². The van der Waals surface area contributed by atoms with Crippen molar-refractivity contribution in [2.24, 2.45) is 0 Å². The van der Waals surface area contributed by atoms with Crippen LogP contribution in [0, 0.1) is 18.3 Å². The van der Waals surface area contributed by atoms with Gasteiger partial charge in [-0.05, 0) is 36.8 Å². The van der Waals surface area contributed by atoms with Gasteiger partial charge in [0.25, 0.3) is 5.91 Å². The Kier molecular flexibility index (Phi) is 4.00. The second kappa shape index (κ2) is 5.88. The molecule has 0 aliphatic carbocycles. The van der Waals surface area contributed by atoms with Crippen LogP contribution in [0.1, 0.15) is 31.8 Å². The molecule has 0 aromatic heterocycles. The Morgan fingerprint density at radius 1 is 1.14 bits per heavy atom. The normalized spacial score (nSPS) is 9.71. The quantitative estimate of drug-likeness (QED) is 0.904. The first-order valence-corrected chi connectivity index (χ1v) is 6.17. The van der Waals surface area contributed by atoms with Crippen LogP contribution in [0.5, 0.6) is 0 Å². The van der Waals surface area contributed by atoms with Crippen molar-refractivity contribution in [1.82, 2.24) is 0 Å². The average molecular weight is 280 g/mol. The zero-order valence-electron chi connectivity index (χ0n) is 11.3. The highest BCUT2D eigenvalue weighted by atomic mass is 16.4. The summed E-state index contributed by atoms with van der Waals surface area (Å²) in [6, 6.07) is 13.0. The Bertz CT molecular complexity index is 760. The number of carbonyl (C=O) groups excluding carboxylic acids is 1. The van der Waals surface area contributed by atoms with E-state index in [4.69, 9.17) is 10.4 Å². The second-order valence-corrected chi connectivity index (χ2v) is 4.45. The number of hydrogen-bond donors (Lipinski definition) is 2. The summed E-state index contributed by atoms with van der Waals surface area (Å²) >= 11 is 0. The minimum absolute atomic E-state index is 0.00471. The lowest BCUT2D eigenvalue weighted by Crippen LogP contribution is -2.13. The molecule has 1 amide bonds. The van der Waals surface area contributed by atoms with Crippen molar-refractivity contribution in [3.05, 3.63) is 64.7 Å². The molecule has 2 aromatic rings. The molecule has 0 atom stereocenters. The number of carboxylic acid groups (broad SMARTS) is 1. The van der Waals surface area contributed by atoms with E-state index in [0.717, 1.165) is 5.56 Å². The van der Waals surface area contributed by atoms with Crippen molar-refractivity contribution in [2.45, 2.75) is 6.92 Å². The topological polar surface area (TPSA) is 90.2 Å². The van der Waals surface area contributed by atoms with Crippen molar-refractivity contribution >= 4 is 17.6 Å². The number of carboxylic acids is 1. The average Bonchev–Trinajstić information content (AvgIpc) is 2.47. The van der Waals surface area contributed by atoms with Gasteiger partial charge < -0.3 is 10.4 Å². The number of aromatic carboxylic acids is 1. The van der Waals surface area contributed by atoms with Gasteiger partial charge in [0.15, 0.2) is 0 Å². The highest BCUT2D eigenvalue weighted by Crippen LogP contribution is 2.17. The van der Waals surface area contributed by atoms with E-state index in [2.05, 4.69) is 5.32 Å². The van der Waals surface area contributed by atoms with Gasteiger partial charge in [-0.2, -0.15) is 5.26 Å². The molecule has 21 heavy (non-hydrogen) atoms. The molecule has 0 saturated heterocycles. The standard InChI is InChI=1S/C16H12N2O3/c1-10-4-2-3-5-13(10)15(19)18-12-6-7-14(16(20)21)11(8-12)9-17/h2-8H,1H3,(H,18,19)(H,20,21). The summed E-state index contributed by atoms with van der Waals surface area (Å²) in [5.74, 6) is -1.48. The van der Waals surface area contributed by atoms with Crippen molar-refractivity contribution in [3.63, 3.8) is 0 Å². The maximum atomic E-state index is 12.1. The van der Waals surface area contributed by atoms with E-state index in [-0.39, 0.29) is 17.0 Å². The molecular weight excluding hydrogens is 268 g/mol. The third kappa shape index (κ3) is 3.07. The summed E-state index contributed by atoms with van der Waals surface area (Å²) in [5.41, 5.74) is 1.65. The first kappa shape index (κ1) is 14.3. The molecule has 0 fully saturated rings. The minimum Gasteiger partial charge on any atom is -0.478 e. The van der Waals surface area contributed by atoms with E-state index in [0.29, 0.717) is 11.3 Å². The Labute approximate surface area is 121 Å². The van der Waals surface area contributed by atoms with Gasteiger partial charge in [-0.15, -0.1) is 0 Å². The van der Waals surface area contributed by atoms with Crippen LogP contribution < -0.4 is 5.32 Å². The summed E-state index contributed by atoms with van der Waals surface area (Å²) in [7, 11) is 0. The van der Waals surface area contributed by atoms with Gasteiger partial charge in [0.2, 0.25) is 0 Å². The van der Waals surface area contributed by atoms with E-state index in [1.165, 1.54) is 18.2 Å². The van der Waals surface area contributed by atoms with Crippen LogP contribution in [0.25, 0.3) is 0 Å². The zero-order chi connectivity index (χ0) is 15.4. The molecule has 0 bridgehead atoms. The number of nitrogens with zero attached hydrogens (tertiary/aromatic N) is 1. The summed E-state index contributed by atoms with van der Waals surface area (Å²) in [5, 5.41) is 20.6. The van der Waals surface area contributed by atoms with Crippen molar-refractivity contribution in [1.29, 1.82) is 5.26 Å². The first-order valence-electron chi connectivity index (χ1n) is 6.17. The van der Waals surface area contributed by atoms with Gasteiger partial charge in [0.05, 0.1) is 11.1 Å². The Morgan fingerprint density at radius 3 is 2.48 bits per heavy atom. The molecule has 0 unspecified atom stereocenters. The molecule has 0 spiro atoms. The summed E-state index contributed by atoms with van der Waals surface area (Å²) in [4.78, 5) is 23.1. The molecule has 2 rings (SSSR count). The van der Waals surface area contributed by atoms with Gasteiger partial charge in [0, 0.05) is 11.3 Å². The molecular formula is C16H12N2O3. The van der Waals surface area contributed by atoms with E-state index >= 15 is 0 Å². The fraction of sp³-hybridized carbons (Fsp3) is 0.0625. The SMILES string of the molecule is Cc1ccccc1C(=O)Nc1ccc(C(=O)O)c(C#N)c1. The van der Waals surface area contributed by atoms with Gasteiger partial charge in [-0.25, -0.2) is 4.79 Å². The molecule has 5 nitrogen and oxygen atoms in total. The monoisotopic (exact) mass is 280 g/mol. The number of amides is 1. The molecule has 0 aliphatic heterocycles. The van der Waals surface area contributed by atoms with E-state index < -0.39 is 5.97 Å². The first-order chi connectivity index (χ1) is 10.0. The molecule has 2 N–H and O–H groups in total. The van der Waals surface area contributed by atoms with Crippen LogP contribution in [0.15, 0.2) is 42.5 Å². The predicted octanol–water partition coefficient (Wildman–Crippen LogP) is 2.82. The molecule has 5 heteroatoms. The number of carbonyl (C=O) groups is 2. The van der Waals surface area contributed by atoms with Gasteiger partial charge in [0.1, 0.15) is 6.07 Å². The van der Waals surface area contributed by atoms with Crippen LogP contribution in [0.4, 0.5) is 5.69 Å². The third-order valence-electron chi connectivity index (χ3n) is 3.02. The van der Waals surface area contributed by atoms with Crippen molar-refractivity contribution in [3.8, 4) is 6.07 Å². The van der Waals surface area contributed by atoms with Crippen LogP contribution in [-0.4, -0.2) is 17.0 Å². The van der Waals surface area contributed by atoms with E-state index in [1.807, 2.05) is 25.1 Å². The van der Waals surface area contributed by atoms with Crippen LogP contribution in [0.2, 0.25) is 0 Å². The fourth-order valence-corrected chi connectivity index (χ4v) is 1.93. The number of nitriles is 1. The maximum Gasteiger partial charge on any atom is 0.337 e. The molecule has 2 aromatic carbocycles. The molecule has 104 valence electrons. The van der Waals surface area contributed by atoms with E-state index in [1.54, 1.807) is 12.1 Å². The van der Waals surface area contributed by atoms with Gasteiger partial charge >= 0.3 is 5.97 Å². The van der Waals surface area contributed by atoms with Crippen LogP contribution >= 0.6 is 0 Å². The minimum atomic E-state index is -1.18. The summed E-state index contributed by atoms with van der Waals surface area (Å²) < 4.78 is 0. The van der Waals surface area contributed by atoms with Crippen LogP contribution in [-0.2, 0) is 0 Å². The molecule has 0 aliphatic rings. The number of anilines is 1. The summed E-state index contributed by atoms with van der Waals surface area (Å²) in [6.07, 6.45) is 0. The van der Waals surface area contributed by atoms with Crippen molar-refractivity contribution < 1.29 is 14.7 Å². The Hall–Kier alpha value is -3.13. The lowest BCUT2D eigenvalue weighted by Gasteiger charge is -2.08. The zero-order valence-corrected chi connectivity index (χ0v) is 11.3.